The molecule has 0 unspecified atom stereocenters. The molecule has 4 aliphatic carbocycles. The minimum Gasteiger partial charge on any atom is -0.274 e. The Hall–Kier alpha value is -1.54. The van der Waals surface area contributed by atoms with Gasteiger partial charge in [0.15, 0.2) is 0 Å². The van der Waals surface area contributed by atoms with Crippen molar-refractivity contribution in [3.8, 4) is 0 Å². The maximum absolute atomic E-state index is 13.2. The van der Waals surface area contributed by atoms with Crippen LogP contribution >= 0.6 is 31.9 Å². The molecule has 1 aromatic rings. The van der Waals surface area contributed by atoms with Gasteiger partial charge in [-0.15, -0.1) is 0 Å². The molecule has 4 bridgehead atoms. The first-order valence-corrected chi connectivity index (χ1v) is 13.4. The van der Waals surface area contributed by atoms with Gasteiger partial charge < -0.3 is 0 Å². The molecule has 1 aromatic carbocycles. The van der Waals surface area contributed by atoms with Gasteiger partial charge in [-0.3, -0.25) is 29.0 Å². The third kappa shape index (κ3) is 2.26. The van der Waals surface area contributed by atoms with Gasteiger partial charge in [-0.2, -0.15) is 0 Å². The monoisotopic (exact) mass is 560 g/mol. The van der Waals surface area contributed by atoms with E-state index in [4.69, 9.17) is 0 Å². The van der Waals surface area contributed by atoms with Gasteiger partial charge in [-0.05, 0) is 73.6 Å². The zero-order chi connectivity index (χ0) is 22.0. The molecular weight excluding hydrogens is 540 g/mol. The van der Waals surface area contributed by atoms with Crippen molar-refractivity contribution in [2.45, 2.75) is 35.3 Å². The van der Waals surface area contributed by atoms with E-state index in [1.807, 2.05) is 0 Å². The van der Waals surface area contributed by atoms with E-state index in [0.717, 1.165) is 25.7 Å². The van der Waals surface area contributed by atoms with Crippen LogP contribution < -0.4 is 9.80 Å². The number of halogens is 2. The maximum Gasteiger partial charge on any atom is 0.238 e. The lowest BCUT2D eigenvalue weighted by atomic mass is 9.81. The molecule has 6 aliphatic rings. The average Bonchev–Trinajstić information content (AvgIpc) is 3.59. The van der Waals surface area contributed by atoms with Gasteiger partial charge in [-0.25, -0.2) is 0 Å². The first-order chi connectivity index (χ1) is 15.4. The summed E-state index contributed by atoms with van der Waals surface area (Å²) < 4.78 is 0. The fourth-order valence-corrected chi connectivity index (χ4v) is 9.89. The Morgan fingerprint density at radius 1 is 0.594 bits per heavy atom. The highest BCUT2D eigenvalue weighted by Gasteiger charge is 2.66. The standard InChI is InChI=1S/C24H22Br2N2O4/c25-19-13-8-14(20(19)26)18-17(13)23(31)28(24(18)32)12-5-3-11(4-6-12)27-21(29)15-9-1-2-10(7-9)16(15)22(27)30/h3-6,9-10,13-20H,1-2,7-8H2/t9-,10-,13+,14+,15-,16+,17+,18+,19-,20+/m0/s1. The van der Waals surface area contributed by atoms with E-state index >= 15 is 0 Å². The highest BCUT2D eigenvalue weighted by atomic mass is 79.9. The summed E-state index contributed by atoms with van der Waals surface area (Å²) in [6.07, 6.45) is 4.00. The fraction of sp³-hybridized carbons (Fsp3) is 0.583. The number of carbonyl (C=O) groups is 4. The third-order valence-corrected chi connectivity index (χ3v) is 12.5. The van der Waals surface area contributed by atoms with Crippen LogP contribution in [0.15, 0.2) is 24.3 Å². The maximum atomic E-state index is 13.2. The van der Waals surface area contributed by atoms with Crippen LogP contribution in [-0.2, 0) is 19.2 Å². The summed E-state index contributed by atoms with van der Waals surface area (Å²) in [6, 6.07) is 6.82. The Kier molecular flexibility index (Phi) is 4.06. The van der Waals surface area contributed by atoms with Crippen LogP contribution in [0, 0.1) is 47.3 Å². The second-order valence-corrected chi connectivity index (χ2v) is 12.5. The van der Waals surface area contributed by atoms with Crippen molar-refractivity contribution in [2.75, 3.05) is 9.80 Å². The first kappa shape index (κ1) is 19.9. The summed E-state index contributed by atoms with van der Waals surface area (Å²) in [6.45, 7) is 0. The van der Waals surface area contributed by atoms with Gasteiger partial charge in [-0.1, -0.05) is 31.9 Å². The summed E-state index contributed by atoms with van der Waals surface area (Å²) in [5.41, 5.74) is 1.06. The SMILES string of the molecule is O=C1[C@@H]2[C@H]3CC[C@@H](C3)[C@@H]2C(=O)N1c1ccc(N2C(=O)[C@@H]3[C@H]4C[C@@H]([C@@H](Br)[C@H]4Br)[C@H]3C2=O)cc1. The van der Waals surface area contributed by atoms with Crippen molar-refractivity contribution in [2.24, 2.45) is 47.3 Å². The predicted molar refractivity (Wildman–Crippen MR) is 123 cm³/mol. The molecule has 7 rings (SSSR count). The van der Waals surface area contributed by atoms with Gasteiger partial charge in [0.1, 0.15) is 0 Å². The summed E-state index contributed by atoms with van der Waals surface area (Å²) in [5.74, 6) is -0.213. The molecule has 10 atom stereocenters. The molecule has 166 valence electrons. The molecule has 2 aliphatic heterocycles. The third-order valence-electron chi connectivity index (χ3n) is 9.28. The number of nitrogens with zero attached hydrogens (tertiary/aromatic N) is 2. The number of anilines is 2. The number of hydrogen-bond donors (Lipinski definition) is 0. The van der Waals surface area contributed by atoms with E-state index in [-0.39, 0.29) is 68.8 Å². The number of hydrogen-bond acceptors (Lipinski definition) is 4. The lowest BCUT2D eigenvalue weighted by Crippen LogP contribution is -2.37. The number of rotatable bonds is 2. The van der Waals surface area contributed by atoms with Gasteiger partial charge in [0.25, 0.3) is 0 Å². The highest BCUT2D eigenvalue weighted by Crippen LogP contribution is 2.61. The topological polar surface area (TPSA) is 74.8 Å². The largest absolute Gasteiger partial charge is 0.274 e. The summed E-state index contributed by atoms with van der Waals surface area (Å²) in [7, 11) is 0. The molecule has 6 fully saturated rings. The van der Waals surface area contributed by atoms with E-state index in [1.54, 1.807) is 24.3 Å². The number of amides is 4. The minimum atomic E-state index is -0.262. The quantitative estimate of drug-likeness (QED) is 0.409. The highest BCUT2D eigenvalue weighted by molar-refractivity contribution is 9.12. The molecule has 8 heteroatoms. The lowest BCUT2D eigenvalue weighted by Gasteiger charge is -2.28. The van der Waals surface area contributed by atoms with Crippen molar-refractivity contribution in [1.29, 1.82) is 0 Å². The average molecular weight is 562 g/mol. The molecule has 4 saturated carbocycles. The molecule has 0 aromatic heterocycles. The van der Waals surface area contributed by atoms with Gasteiger partial charge >= 0.3 is 0 Å². The van der Waals surface area contributed by atoms with Crippen molar-refractivity contribution < 1.29 is 19.2 Å². The molecular formula is C24H22Br2N2O4. The van der Waals surface area contributed by atoms with E-state index < -0.39 is 0 Å². The Balaban J connectivity index is 1.17. The van der Waals surface area contributed by atoms with Crippen LogP contribution in [0.1, 0.15) is 25.7 Å². The van der Waals surface area contributed by atoms with Crippen LogP contribution in [0.3, 0.4) is 0 Å². The van der Waals surface area contributed by atoms with Crippen molar-refractivity contribution >= 4 is 66.9 Å². The number of alkyl halides is 2. The lowest BCUT2D eigenvalue weighted by molar-refractivity contribution is -0.124. The molecule has 0 N–H and O–H groups in total. The Morgan fingerprint density at radius 2 is 0.969 bits per heavy atom. The molecule has 2 heterocycles. The normalized spacial score (nSPS) is 46.1. The van der Waals surface area contributed by atoms with Crippen LogP contribution in [0.5, 0.6) is 0 Å². The first-order valence-electron chi connectivity index (χ1n) is 11.5. The van der Waals surface area contributed by atoms with E-state index in [2.05, 4.69) is 31.9 Å². The van der Waals surface area contributed by atoms with Crippen LogP contribution in [0.2, 0.25) is 0 Å². The number of fused-ring (bicyclic) bond motifs is 10. The van der Waals surface area contributed by atoms with Gasteiger partial charge in [0.05, 0.1) is 35.0 Å². The van der Waals surface area contributed by atoms with Crippen molar-refractivity contribution in [3.05, 3.63) is 24.3 Å². The Labute approximate surface area is 202 Å². The van der Waals surface area contributed by atoms with Crippen molar-refractivity contribution in [3.63, 3.8) is 0 Å². The van der Waals surface area contributed by atoms with Gasteiger partial charge in [0, 0.05) is 9.65 Å². The predicted octanol–water partition coefficient (Wildman–Crippen LogP) is 3.50. The van der Waals surface area contributed by atoms with E-state index in [0.29, 0.717) is 23.2 Å². The molecule has 2 saturated heterocycles. The second kappa shape index (κ2) is 6.53. The smallest absolute Gasteiger partial charge is 0.238 e. The molecule has 6 nitrogen and oxygen atoms in total. The van der Waals surface area contributed by atoms with Gasteiger partial charge in [0.2, 0.25) is 23.6 Å². The van der Waals surface area contributed by atoms with E-state index in [1.165, 1.54) is 9.80 Å². The fourth-order valence-electron chi connectivity index (χ4n) is 8.02. The van der Waals surface area contributed by atoms with Crippen LogP contribution in [-0.4, -0.2) is 33.3 Å². The Bertz CT molecular complexity index is 1030. The van der Waals surface area contributed by atoms with Crippen LogP contribution in [0.25, 0.3) is 0 Å². The minimum absolute atomic E-state index is 0.0777. The Morgan fingerprint density at radius 3 is 1.38 bits per heavy atom. The number of benzene rings is 1. The van der Waals surface area contributed by atoms with Crippen LogP contribution in [0.4, 0.5) is 11.4 Å². The zero-order valence-corrected chi connectivity index (χ0v) is 20.4. The second-order valence-electron chi connectivity index (χ2n) is 10.4. The molecule has 0 spiro atoms. The molecule has 32 heavy (non-hydrogen) atoms. The molecule has 4 amide bonds. The van der Waals surface area contributed by atoms with E-state index in [9.17, 15) is 19.2 Å². The number of carbonyl (C=O) groups excluding carboxylic acids is 4. The van der Waals surface area contributed by atoms with Crippen molar-refractivity contribution in [1.82, 2.24) is 0 Å². The zero-order valence-electron chi connectivity index (χ0n) is 17.2. The summed E-state index contributed by atoms with van der Waals surface area (Å²) in [4.78, 5) is 55.7. The summed E-state index contributed by atoms with van der Waals surface area (Å²) >= 11 is 7.43. The number of imide groups is 2. The summed E-state index contributed by atoms with van der Waals surface area (Å²) in [5, 5.41) is 0. The molecule has 0 radical (unpaired) electrons.